The summed E-state index contributed by atoms with van der Waals surface area (Å²) >= 11 is 0. The molecule has 1 unspecified atom stereocenters. The van der Waals surface area contributed by atoms with E-state index in [1.54, 1.807) is 0 Å². The standard InChI is InChI=1S/C15H9F2NO2S/c16-12-5-6-13(17)15(7-12)21(20)9-14(19)11-3-1-10(8-18)2-4-11/h1-7H,9H2. The Bertz CT molecular complexity index is 751. The first kappa shape index (κ1) is 15.0. The second-order valence-electron chi connectivity index (χ2n) is 4.18. The van der Waals surface area contributed by atoms with Gasteiger partial charge in [0.15, 0.2) is 5.78 Å². The molecule has 0 spiro atoms. The molecule has 0 amide bonds. The highest BCUT2D eigenvalue weighted by Gasteiger charge is 2.16. The first-order chi connectivity index (χ1) is 10.0. The van der Waals surface area contributed by atoms with Crippen LogP contribution in [0.4, 0.5) is 8.78 Å². The topological polar surface area (TPSA) is 57.9 Å². The SMILES string of the molecule is N#Cc1ccc(C(=O)CS(=O)c2cc(F)ccc2F)cc1. The van der Waals surface area contributed by atoms with Gasteiger partial charge >= 0.3 is 0 Å². The van der Waals surface area contributed by atoms with Gasteiger partial charge in [-0.2, -0.15) is 5.26 Å². The van der Waals surface area contributed by atoms with Crippen molar-refractivity contribution < 1.29 is 17.8 Å². The van der Waals surface area contributed by atoms with Crippen LogP contribution >= 0.6 is 0 Å². The van der Waals surface area contributed by atoms with E-state index in [1.165, 1.54) is 24.3 Å². The summed E-state index contributed by atoms with van der Waals surface area (Å²) in [5.74, 6) is -2.46. The van der Waals surface area contributed by atoms with E-state index in [0.29, 0.717) is 5.56 Å². The van der Waals surface area contributed by atoms with Gasteiger partial charge in [0.2, 0.25) is 0 Å². The van der Waals surface area contributed by atoms with E-state index >= 15 is 0 Å². The van der Waals surface area contributed by atoms with Crippen LogP contribution in [0, 0.1) is 23.0 Å². The smallest absolute Gasteiger partial charge is 0.175 e. The van der Waals surface area contributed by atoms with Crippen LogP contribution in [0.5, 0.6) is 0 Å². The predicted octanol–water partition coefficient (Wildman–Crippen LogP) is 2.83. The molecular formula is C15H9F2NO2S. The maximum Gasteiger partial charge on any atom is 0.175 e. The average Bonchev–Trinajstić information content (AvgIpc) is 2.49. The Balaban J connectivity index is 2.17. The second kappa shape index (κ2) is 6.37. The monoisotopic (exact) mass is 305 g/mol. The summed E-state index contributed by atoms with van der Waals surface area (Å²) in [5.41, 5.74) is 0.656. The summed E-state index contributed by atoms with van der Waals surface area (Å²) in [6.07, 6.45) is 0. The molecule has 1 atom stereocenters. The normalized spacial score (nSPS) is 11.7. The van der Waals surface area contributed by atoms with Gasteiger partial charge in [0.05, 0.1) is 33.1 Å². The molecule has 0 saturated heterocycles. The van der Waals surface area contributed by atoms with Crippen LogP contribution in [0.15, 0.2) is 47.4 Å². The highest BCUT2D eigenvalue weighted by atomic mass is 32.2. The van der Waals surface area contributed by atoms with Gasteiger partial charge in [-0.05, 0) is 30.3 Å². The van der Waals surface area contributed by atoms with Crippen LogP contribution in [0.1, 0.15) is 15.9 Å². The molecule has 106 valence electrons. The van der Waals surface area contributed by atoms with Crippen molar-refractivity contribution in [2.45, 2.75) is 4.90 Å². The molecule has 6 heteroatoms. The van der Waals surface area contributed by atoms with E-state index in [9.17, 15) is 17.8 Å². The minimum absolute atomic E-state index is 0.263. The van der Waals surface area contributed by atoms with Crippen LogP contribution in [0.25, 0.3) is 0 Å². The van der Waals surface area contributed by atoms with E-state index < -0.39 is 34.0 Å². The Morgan fingerprint density at radius 1 is 1.14 bits per heavy atom. The molecule has 2 aromatic carbocycles. The zero-order chi connectivity index (χ0) is 15.4. The van der Waals surface area contributed by atoms with Gasteiger partial charge in [-0.1, -0.05) is 12.1 Å². The Labute approximate surface area is 122 Å². The third-order valence-electron chi connectivity index (χ3n) is 2.74. The Hall–Kier alpha value is -2.39. The molecule has 0 bridgehead atoms. The van der Waals surface area contributed by atoms with Crippen LogP contribution in [0.2, 0.25) is 0 Å². The second-order valence-corrected chi connectivity index (χ2v) is 5.60. The first-order valence-electron chi connectivity index (χ1n) is 5.88. The Morgan fingerprint density at radius 2 is 1.81 bits per heavy atom. The largest absolute Gasteiger partial charge is 0.293 e. The highest BCUT2D eigenvalue weighted by molar-refractivity contribution is 7.85. The predicted molar refractivity (Wildman–Crippen MR) is 73.1 cm³/mol. The van der Waals surface area contributed by atoms with Crippen molar-refractivity contribution in [2.24, 2.45) is 0 Å². The van der Waals surface area contributed by atoms with E-state index in [-0.39, 0.29) is 10.5 Å². The lowest BCUT2D eigenvalue weighted by Gasteiger charge is -2.04. The van der Waals surface area contributed by atoms with Crippen LogP contribution in [0.3, 0.4) is 0 Å². The molecule has 0 fully saturated rings. The lowest BCUT2D eigenvalue weighted by Crippen LogP contribution is -2.12. The number of carbonyl (C=O) groups excluding carboxylic acids is 1. The van der Waals surface area contributed by atoms with Gasteiger partial charge in [0.25, 0.3) is 0 Å². The quantitative estimate of drug-likeness (QED) is 0.816. The maximum absolute atomic E-state index is 13.5. The molecule has 0 aliphatic heterocycles. The number of benzene rings is 2. The van der Waals surface area contributed by atoms with Gasteiger partial charge in [0.1, 0.15) is 11.6 Å². The summed E-state index contributed by atoms with van der Waals surface area (Å²) in [5, 5.41) is 8.66. The molecule has 0 N–H and O–H groups in total. The van der Waals surface area contributed by atoms with E-state index in [0.717, 1.165) is 18.2 Å². The summed E-state index contributed by atoms with van der Waals surface area (Å²) in [7, 11) is -1.97. The van der Waals surface area contributed by atoms with Crippen molar-refractivity contribution in [3.05, 3.63) is 65.2 Å². The van der Waals surface area contributed by atoms with Crippen molar-refractivity contribution in [2.75, 3.05) is 5.75 Å². The molecular weight excluding hydrogens is 296 g/mol. The molecule has 0 saturated carbocycles. The average molecular weight is 305 g/mol. The number of halogens is 2. The Kier molecular flexibility index (Phi) is 4.55. The fourth-order valence-electron chi connectivity index (χ4n) is 1.66. The summed E-state index contributed by atoms with van der Waals surface area (Å²) < 4.78 is 38.5. The lowest BCUT2D eigenvalue weighted by molar-refractivity contribution is 0.102. The number of nitrogens with zero attached hydrogens (tertiary/aromatic N) is 1. The third kappa shape index (κ3) is 3.58. The first-order valence-corrected chi connectivity index (χ1v) is 7.20. The van der Waals surface area contributed by atoms with Gasteiger partial charge in [-0.3, -0.25) is 9.00 Å². The molecule has 0 heterocycles. The van der Waals surface area contributed by atoms with Crippen LogP contribution in [-0.2, 0) is 10.8 Å². The van der Waals surface area contributed by atoms with Crippen LogP contribution < -0.4 is 0 Å². The van der Waals surface area contributed by atoms with Crippen molar-refractivity contribution in [3.63, 3.8) is 0 Å². The molecule has 3 nitrogen and oxygen atoms in total. The molecule has 0 aliphatic carbocycles. The fourth-order valence-corrected chi connectivity index (χ4v) is 2.75. The van der Waals surface area contributed by atoms with E-state index in [4.69, 9.17) is 5.26 Å². The molecule has 2 rings (SSSR count). The minimum atomic E-state index is -1.97. The zero-order valence-corrected chi connectivity index (χ0v) is 11.5. The fraction of sp³-hybridized carbons (Fsp3) is 0.0667. The van der Waals surface area contributed by atoms with Gasteiger partial charge in [-0.15, -0.1) is 0 Å². The summed E-state index contributed by atoms with van der Waals surface area (Å²) in [6, 6.07) is 10.3. The lowest BCUT2D eigenvalue weighted by atomic mass is 10.1. The molecule has 2 aromatic rings. The number of ketones is 1. The molecule has 0 aromatic heterocycles. The third-order valence-corrected chi connectivity index (χ3v) is 4.06. The van der Waals surface area contributed by atoms with Crippen molar-refractivity contribution in [3.8, 4) is 6.07 Å². The van der Waals surface area contributed by atoms with Gasteiger partial charge < -0.3 is 0 Å². The van der Waals surface area contributed by atoms with Crippen LogP contribution in [-0.4, -0.2) is 15.7 Å². The number of Topliss-reactive ketones (excluding diaryl/α,β-unsaturated/α-hetero) is 1. The zero-order valence-electron chi connectivity index (χ0n) is 10.7. The Morgan fingerprint density at radius 3 is 2.43 bits per heavy atom. The molecule has 0 radical (unpaired) electrons. The molecule has 21 heavy (non-hydrogen) atoms. The van der Waals surface area contributed by atoms with Crippen molar-refractivity contribution in [1.29, 1.82) is 5.26 Å². The number of carbonyl (C=O) groups is 1. The van der Waals surface area contributed by atoms with E-state index in [1.807, 2.05) is 6.07 Å². The van der Waals surface area contributed by atoms with Gasteiger partial charge in [0, 0.05) is 5.56 Å². The summed E-state index contributed by atoms with van der Waals surface area (Å²) in [6.45, 7) is 0. The summed E-state index contributed by atoms with van der Waals surface area (Å²) in [4.78, 5) is 11.6. The minimum Gasteiger partial charge on any atom is -0.293 e. The van der Waals surface area contributed by atoms with Gasteiger partial charge in [-0.25, -0.2) is 8.78 Å². The number of rotatable bonds is 4. The number of hydrogen-bond donors (Lipinski definition) is 0. The van der Waals surface area contributed by atoms with Crippen molar-refractivity contribution in [1.82, 2.24) is 0 Å². The van der Waals surface area contributed by atoms with E-state index in [2.05, 4.69) is 0 Å². The maximum atomic E-state index is 13.5. The van der Waals surface area contributed by atoms with Crippen molar-refractivity contribution >= 4 is 16.6 Å². The molecule has 0 aliphatic rings. The highest BCUT2D eigenvalue weighted by Crippen LogP contribution is 2.15. The number of hydrogen-bond acceptors (Lipinski definition) is 3. The number of nitriles is 1.